The molecule has 0 aromatic rings. The van der Waals surface area contributed by atoms with Crippen LogP contribution >= 0.6 is 0 Å². The van der Waals surface area contributed by atoms with Gasteiger partial charge < -0.3 is 20.7 Å². The number of amidine groups is 1. The van der Waals surface area contributed by atoms with Gasteiger partial charge in [0.25, 0.3) is 0 Å². The number of nitrogens with zero attached hydrogens (tertiary/aromatic N) is 1. The Balaban J connectivity index is 1.46. The maximum absolute atomic E-state index is 12.2. The van der Waals surface area contributed by atoms with Crippen molar-refractivity contribution in [3.8, 4) is 0 Å². The number of carbonyl (C=O) groups is 1. The van der Waals surface area contributed by atoms with Gasteiger partial charge in [0.1, 0.15) is 5.84 Å². The fourth-order valence-corrected chi connectivity index (χ4v) is 9.02. The van der Waals surface area contributed by atoms with Crippen LogP contribution in [0.1, 0.15) is 91.9 Å². The molecule has 4 aliphatic carbocycles. The van der Waals surface area contributed by atoms with Crippen LogP contribution in [0.5, 0.6) is 0 Å². The Bertz CT molecular complexity index is 741. The van der Waals surface area contributed by atoms with Gasteiger partial charge in [-0.25, -0.2) is 0 Å². The van der Waals surface area contributed by atoms with Gasteiger partial charge in [-0.15, -0.1) is 0 Å². The molecule has 4 fully saturated rings. The van der Waals surface area contributed by atoms with Crippen LogP contribution < -0.4 is 5.32 Å². The SMILES string of the molecule is C/C(=N/O)NC(=O)CC[C@@H](C)[C@H]1CC[C@H]2[C@@H]3[C@@H](O)C[C@@H]4C[C@H](O)CC[C@]4(C)[C@H]3CC[C@]12C. The molecule has 32 heavy (non-hydrogen) atoms. The Kier molecular flexibility index (Phi) is 6.68. The molecule has 0 radical (unpaired) electrons. The minimum atomic E-state index is -0.242. The summed E-state index contributed by atoms with van der Waals surface area (Å²) in [6.07, 6.45) is 9.37. The lowest BCUT2D eigenvalue weighted by Gasteiger charge is -2.62. The predicted molar refractivity (Wildman–Crippen MR) is 124 cm³/mol. The van der Waals surface area contributed by atoms with Crippen LogP contribution in [0, 0.1) is 46.3 Å². The zero-order valence-electron chi connectivity index (χ0n) is 20.4. The molecule has 4 aliphatic rings. The van der Waals surface area contributed by atoms with E-state index in [2.05, 4.69) is 31.2 Å². The number of aliphatic hydroxyl groups is 2. The zero-order chi connectivity index (χ0) is 23.3. The largest absolute Gasteiger partial charge is 0.409 e. The number of aliphatic hydroxyl groups excluding tert-OH is 2. The summed E-state index contributed by atoms with van der Waals surface area (Å²) in [5, 5.41) is 36.0. The second kappa shape index (κ2) is 8.90. The third kappa shape index (κ3) is 4.00. The van der Waals surface area contributed by atoms with Gasteiger partial charge in [0.05, 0.1) is 12.2 Å². The monoisotopic (exact) mass is 448 g/mol. The molecule has 4 N–H and O–H groups in total. The third-order valence-corrected chi connectivity index (χ3v) is 10.7. The lowest BCUT2D eigenvalue weighted by Crippen LogP contribution is -2.58. The van der Waals surface area contributed by atoms with Crippen LogP contribution in [-0.2, 0) is 4.79 Å². The molecule has 1 amide bonds. The highest BCUT2D eigenvalue weighted by Crippen LogP contribution is 2.68. The van der Waals surface area contributed by atoms with Crippen molar-refractivity contribution < 1.29 is 20.2 Å². The molecule has 4 saturated carbocycles. The van der Waals surface area contributed by atoms with E-state index in [1.165, 1.54) is 25.7 Å². The van der Waals surface area contributed by atoms with Gasteiger partial charge in [-0.05, 0) is 111 Å². The van der Waals surface area contributed by atoms with E-state index in [1.54, 1.807) is 6.92 Å². The summed E-state index contributed by atoms with van der Waals surface area (Å²) in [6.45, 7) is 8.80. The third-order valence-electron chi connectivity index (χ3n) is 10.7. The van der Waals surface area contributed by atoms with E-state index < -0.39 is 0 Å². The van der Waals surface area contributed by atoms with Crippen molar-refractivity contribution in [2.24, 2.45) is 51.5 Å². The van der Waals surface area contributed by atoms with E-state index in [1.807, 2.05) is 0 Å². The van der Waals surface area contributed by atoms with Gasteiger partial charge in [-0.2, -0.15) is 0 Å². The predicted octanol–water partition coefficient (Wildman–Crippen LogP) is 4.32. The second-order valence-electron chi connectivity index (χ2n) is 12.2. The molecular formula is C26H44N2O4. The van der Waals surface area contributed by atoms with Gasteiger partial charge in [-0.1, -0.05) is 25.9 Å². The smallest absolute Gasteiger partial charge is 0.225 e. The van der Waals surface area contributed by atoms with Crippen molar-refractivity contribution >= 4 is 11.7 Å². The van der Waals surface area contributed by atoms with Crippen molar-refractivity contribution in [2.45, 2.75) is 104 Å². The number of fused-ring (bicyclic) bond motifs is 5. The van der Waals surface area contributed by atoms with Crippen molar-refractivity contribution in [2.75, 3.05) is 0 Å². The lowest BCUT2D eigenvalue weighted by atomic mass is 9.43. The average Bonchev–Trinajstić information content (AvgIpc) is 3.10. The Hall–Kier alpha value is -1.14. The number of hydrogen-bond donors (Lipinski definition) is 4. The van der Waals surface area contributed by atoms with Gasteiger partial charge >= 0.3 is 0 Å². The van der Waals surface area contributed by atoms with Crippen molar-refractivity contribution in [3.63, 3.8) is 0 Å². The first-order chi connectivity index (χ1) is 15.1. The molecule has 0 spiro atoms. The molecule has 182 valence electrons. The number of oxime groups is 1. The van der Waals surface area contributed by atoms with Crippen LogP contribution in [0.25, 0.3) is 0 Å². The first-order valence-corrected chi connectivity index (χ1v) is 12.9. The lowest BCUT2D eigenvalue weighted by molar-refractivity contribution is -0.174. The van der Waals surface area contributed by atoms with Crippen molar-refractivity contribution in [1.82, 2.24) is 5.32 Å². The number of hydrogen-bond acceptors (Lipinski definition) is 5. The van der Waals surface area contributed by atoms with Crippen LogP contribution in [0.3, 0.4) is 0 Å². The molecular weight excluding hydrogens is 404 g/mol. The minimum absolute atomic E-state index is 0.0864. The van der Waals surface area contributed by atoms with Crippen molar-refractivity contribution in [1.29, 1.82) is 0 Å². The van der Waals surface area contributed by atoms with Crippen molar-refractivity contribution in [3.05, 3.63) is 0 Å². The topological polar surface area (TPSA) is 102 Å². The molecule has 6 heteroatoms. The van der Waals surface area contributed by atoms with Crippen LogP contribution in [0.15, 0.2) is 5.16 Å². The van der Waals surface area contributed by atoms with E-state index >= 15 is 0 Å². The Morgan fingerprint density at radius 3 is 2.47 bits per heavy atom. The average molecular weight is 449 g/mol. The van der Waals surface area contributed by atoms with E-state index in [4.69, 9.17) is 5.21 Å². The normalized spacial score (nSPS) is 47.2. The van der Waals surface area contributed by atoms with Gasteiger partial charge in [-0.3, -0.25) is 4.79 Å². The number of carbonyl (C=O) groups excluding carboxylic acids is 1. The maximum Gasteiger partial charge on any atom is 0.225 e. The van der Waals surface area contributed by atoms with E-state index in [0.717, 1.165) is 32.1 Å². The fourth-order valence-electron chi connectivity index (χ4n) is 9.02. The maximum atomic E-state index is 12.2. The Morgan fingerprint density at radius 2 is 1.75 bits per heavy atom. The second-order valence-corrected chi connectivity index (χ2v) is 12.2. The molecule has 0 heterocycles. The Morgan fingerprint density at radius 1 is 1.06 bits per heavy atom. The molecule has 4 rings (SSSR count). The quantitative estimate of drug-likeness (QED) is 0.223. The summed E-state index contributed by atoms with van der Waals surface area (Å²) in [7, 11) is 0. The van der Waals surface area contributed by atoms with Crippen LogP contribution in [-0.4, -0.2) is 39.4 Å². The van der Waals surface area contributed by atoms with E-state index in [0.29, 0.717) is 41.9 Å². The summed E-state index contributed by atoms with van der Waals surface area (Å²) in [6, 6.07) is 0. The first kappa shape index (κ1) is 24.0. The first-order valence-electron chi connectivity index (χ1n) is 12.9. The fraction of sp³-hybridized carbons (Fsp3) is 0.923. The van der Waals surface area contributed by atoms with Gasteiger partial charge in [0, 0.05) is 6.42 Å². The molecule has 0 aromatic heterocycles. The van der Waals surface area contributed by atoms with Gasteiger partial charge in [0.15, 0.2) is 0 Å². The summed E-state index contributed by atoms with van der Waals surface area (Å²) in [5.41, 5.74) is 0.496. The molecule has 0 bridgehead atoms. The van der Waals surface area contributed by atoms with Gasteiger partial charge in [0.2, 0.25) is 5.91 Å². The highest BCUT2D eigenvalue weighted by atomic mass is 16.4. The molecule has 10 atom stereocenters. The van der Waals surface area contributed by atoms with E-state index in [9.17, 15) is 15.0 Å². The number of amides is 1. The summed E-state index contributed by atoms with van der Waals surface area (Å²) >= 11 is 0. The zero-order valence-corrected chi connectivity index (χ0v) is 20.4. The Labute approximate surface area is 193 Å². The van der Waals surface area contributed by atoms with Crippen LogP contribution in [0.4, 0.5) is 0 Å². The molecule has 0 aliphatic heterocycles. The molecule has 0 aromatic carbocycles. The highest BCUT2D eigenvalue weighted by Gasteiger charge is 2.62. The van der Waals surface area contributed by atoms with Crippen LogP contribution in [0.2, 0.25) is 0 Å². The summed E-state index contributed by atoms with van der Waals surface area (Å²) in [4.78, 5) is 12.2. The number of rotatable bonds is 4. The highest BCUT2D eigenvalue weighted by molar-refractivity contribution is 5.96. The summed E-state index contributed by atoms with van der Waals surface area (Å²) < 4.78 is 0. The number of nitrogens with one attached hydrogen (secondary N) is 1. The minimum Gasteiger partial charge on any atom is -0.409 e. The molecule has 0 unspecified atom stereocenters. The molecule has 6 nitrogen and oxygen atoms in total. The molecule has 0 saturated heterocycles. The summed E-state index contributed by atoms with van der Waals surface area (Å²) in [5.74, 6) is 3.15. The standard InChI is InChI=1S/C26H44N2O4/c1-15(5-8-23(31)27-16(2)28-32)19-6-7-20-24-21(10-12-26(19,20)4)25(3)11-9-18(29)13-17(25)14-22(24)30/h15,17-22,24,29-30,32H,5-14H2,1-4H3,(H,27,28,31)/t15-,17+,18-,19-,20+,21+,22+,24+,25+,26-/m1/s1. The van der Waals surface area contributed by atoms with E-state index in [-0.39, 0.29) is 34.8 Å².